The third kappa shape index (κ3) is 8.51. The largest absolute Gasteiger partial charge is 0.478 e. The van der Waals surface area contributed by atoms with Crippen molar-refractivity contribution in [3.63, 3.8) is 0 Å². The molecule has 0 fully saturated rings. The van der Waals surface area contributed by atoms with Gasteiger partial charge in [-0.25, -0.2) is 9.18 Å². The highest BCUT2D eigenvalue weighted by molar-refractivity contribution is 5.92. The number of nitrogens with one attached hydrogen (secondary N) is 1. The van der Waals surface area contributed by atoms with E-state index in [2.05, 4.69) is 10.2 Å². The topological polar surface area (TPSA) is 82.1 Å². The summed E-state index contributed by atoms with van der Waals surface area (Å²) in [6, 6.07) is 19.8. The summed E-state index contributed by atoms with van der Waals surface area (Å²) in [6.45, 7) is 2.58. The lowest BCUT2D eigenvalue weighted by Gasteiger charge is -2.20. The maximum Gasteiger partial charge on any atom is 0.335 e. The number of rotatable bonds is 12. The summed E-state index contributed by atoms with van der Waals surface area (Å²) in [6.07, 6.45) is 0.884. The molecule has 3 aromatic carbocycles. The first-order valence-corrected chi connectivity index (χ1v) is 11.3. The third-order valence-electron chi connectivity index (χ3n) is 5.35. The molecule has 35 heavy (non-hydrogen) atoms. The zero-order chi connectivity index (χ0) is 25.2. The Hall–Kier alpha value is -3.75. The molecule has 184 valence electrons. The molecule has 3 aromatic rings. The van der Waals surface area contributed by atoms with Crippen molar-refractivity contribution in [2.75, 3.05) is 39.0 Å². The van der Waals surface area contributed by atoms with Crippen molar-refractivity contribution in [3.05, 3.63) is 89.7 Å². The Labute approximate surface area is 204 Å². The predicted molar refractivity (Wildman–Crippen MR) is 133 cm³/mol. The Morgan fingerprint density at radius 1 is 0.914 bits per heavy atom. The third-order valence-corrected chi connectivity index (χ3v) is 5.35. The van der Waals surface area contributed by atoms with Crippen molar-refractivity contribution < 1.29 is 23.8 Å². The molecule has 0 spiro atoms. The Morgan fingerprint density at radius 2 is 1.57 bits per heavy atom. The van der Waals surface area contributed by atoms with Gasteiger partial charge in [0, 0.05) is 12.2 Å². The number of amides is 1. The predicted octanol–water partition coefficient (Wildman–Crippen LogP) is 4.71. The van der Waals surface area contributed by atoms with Crippen LogP contribution in [0.4, 0.5) is 10.1 Å². The van der Waals surface area contributed by atoms with Gasteiger partial charge in [-0.1, -0.05) is 24.3 Å². The van der Waals surface area contributed by atoms with Crippen LogP contribution in [0.25, 0.3) is 0 Å². The summed E-state index contributed by atoms with van der Waals surface area (Å²) in [5.74, 6) is -0.863. The van der Waals surface area contributed by atoms with Gasteiger partial charge in [0.05, 0.1) is 12.1 Å². The van der Waals surface area contributed by atoms with E-state index < -0.39 is 11.8 Å². The van der Waals surface area contributed by atoms with Crippen LogP contribution < -0.4 is 10.1 Å². The van der Waals surface area contributed by atoms with Crippen LogP contribution in [0.3, 0.4) is 0 Å². The van der Waals surface area contributed by atoms with Crippen molar-refractivity contribution in [3.8, 4) is 11.5 Å². The fraction of sp³-hybridized carbons (Fsp3) is 0.259. The maximum absolute atomic E-state index is 13.7. The normalized spacial score (nSPS) is 11.0. The monoisotopic (exact) mass is 479 g/mol. The molecule has 0 saturated carbocycles. The number of carbonyl (C=O) groups is 2. The number of carbonyl (C=O) groups excluding carboxylic acids is 1. The number of likely N-dealkylation sites (N-methyl/N-ethyl adjacent to an activating group) is 1. The van der Waals surface area contributed by atoms with Gasteiger partial charge in [0.15, 0.2) is 11.6 Å². The van der Waals surface area contributed by atoms with Crippen molar-refractivity contribution in [1.29, 1.82) is 0 Å². The zero-order valence-electron chi connectivity index (χ0n) is 19.9. The number of aromatic carboxylic acids is 1. The van der Waals surface area contributed by atoms with Crippen molar-refractivity contribution in [2.45, 2.75) is 13.0 Å². The van der Waals surface area contributed by atoms with Crippen molar-refractivity contribution >= 4 is 17.6 Å². The van der Waals surface area contributed by atoms with Crippen LogP contribution in [0.2, 0.25) is 0 Å². The van der Waals surface area contributed by atoms with Gasteiger partial charge in [-0.15, -0.1) is 0 Å². The first kappa shape index (κ1) is 25.9. The molecule has 0 bridgehead atoms. The molecule has 0 aliphatic heterocycles. The molecule has 2 N–H and O–H groups in total. The molecular formula is C27H30FN3O4. The minimum absolute atomic E-state index is 0.123. The average molecular weight is 480 g/mol. The van der Waals surface area contributed by atoms with Gasteiger partial charge >= 0.3 is 5.97 Å². The lowest BCUT2D eigenvalue weighted by atomic mass is 10.1. The van der Waals surface area contributed by atoms with Crippen LogP contribution in [-0.2, 0) is 11.3 Å². The first-order valence-electron chi connectivity index (χ1n) is 11.3. The number of benzene rings is 3. The lowest BCUT2D eigenvalue weighted by molar-refractivity contribution is -0.117. The molecule has 0 unspecified atom stereocenters. The van der Waals surface area contributed by atoms with Crippen LogP contribution in [0.1, 0.15) is 22.3 Å². The Morgan fingerprint density at radius 3 is 2.23 bits per heavy atom. The quantitative estimate of drug-likeness (QED) is 0.392. The van der Waals surface area contributed by atoms with Crippen LogP contribution in [0, 0.1) is 5.82 Å². The SMILES string of the molecule is CN(CCCN(C)Cc1ccc(C(=O)O)cc1)CC(=O)Nc1ccc(Oc2ccccc2F)cc1. The second-order valence-electron chi connectivity index (χ2n) is 8.44. The van der Waals surface area contributed by atoms with E-state index in [-0.39, 0.29) is 23.8 Å². The highest BCUT2D eigenvalue weighted by Crippen LogP contribution is 2.25. The molecule has 1 amide bonds. The summed E-state index contributed by atoms with van der Waals surface area (Å²) < 4.78 is 19.2. The number of carboxylic acids is 1. The molecule has 0 atom stereocenters. The van der Waals surface area contributed by atoms with E-state index in [9.17, 15) is 14.0 Å². The zero-order valence-corrected chi connectivity index (χ0v) is 19.9. The number of nitrogens with zero attached hydrogens (tertiary/aromatic N) is 2. The Balaban J connectivity index is 1.36. The number of carboxylic acid groups (broad SMARTS) is 1. The standard InChI is InChI=1S/C27H30FN3O4/c1-30(18-20-8-10-21(11-9-20)27(33)34)16-5-17-31(2)19-26(32)29-22-12-14-23(15-13-22)35-25-7-4-3-6-24(25)28/h3-4,6-15H,5,16-19H2,1-2H3,(H,29,32)(H,33,34). The van der Waals surface area contributed by atoms with Crippen LogP contribution in [0.15, 0.2) is 72.8 Å². The van der Waals surface area contributed by atoms with Crippen LogP contribution in [-0.4, -0.2) is 60.5 Å². The van der Waals surface area contributed by atoms with Gasteiger partial charge in [-0.3, -0.25) is 9.69 Å². The highest BCUT2D eigenvalue weighted by Gasteiger charge is 2.09. The number of halogens is 1. The van der Waals surface area contributed by atoms with Gasteiger partial charge in [0.25, 0.3) is 0 Å². The van der Waals surface area contributed by atoms with E-state index in [1.54, 1.807) is 54.6 Å². The van der Waals surface area contributed by atoms with E-state index in [1.807, 2.05) is 31.1 Å². The Bertz CT molecular complexity index is 1120. The molecule has 0 saturated heterocycles. The average Bonchev–Trinajstić information content (AvgIpc) is 2.82. The fourth-order valence-electron chi connectivity index (χ4n) is 3.54. The summed E-state index contributed by atoms with van der Waals surface area (Å²) in [4.78, 5) is 27.4. The van der Waals surface area contributed by atoms with Crippen molar-refractivity contribution in [2.24, 2.45) is 0 Å². The number of hydrogen-bond donors (Lipinski definition) is 2. The van der Waals surface area contributed by atoms with Crippen LogP contribution >= 0.6 is 0 Å². The molecule has 0 aliphatic rings. The van der Waals surface area contributed by atoms with E-state index in [4.69, 9.17) is 9.84 Å². The second kappa shape index (κ2) is 12.6. The summed E-state index contributed by atoms with van der Waals surface area (Å²) >= 11 is 0. The smallest absolute Gasteiger partial charge is 0.335 e. The molecular weight excluding hydrogens is 449 g/mol. The molecule has 0 radical (unpaired) electrons. The summed E-state index contributed by atoms with van der Waals surface area (Å²) in [5, 5.41) is 11.8. The Kier molecular flexibility index (Phi) is 9.34. The minimum atomic E-state index is -0.928. The summed E-state index contributed by atoms with van der Waals surface area (Å²) in [7, 11) is 3.91. The molecule has 8 heteroatoms. The number of anilines is 1. The van der Waals surface area contributed by atoms with Crippen LogP contribution in [0.5, 0.6) is 11.5 Å². The number of para-hydroxylation sites is 1. The molecule has 7 nitrogen and oxygen atoms in total. The van der Waals surface area contributed by atoms with Crippen molar-refractivity contribution in [1.82, 2.24) is 9.80 Å². The lowest BCUT2D eigenvalue weighted by Crippen LogP contribution is -2.32. The van der Waals surface area contributed by atoms with Gasteiger partial charge in [-0.05, 0) is 87.7 Å². The van der Waals surface area contributed by atoms with Gasteiger partial charge in [0.1, 0.15) is 5.75 Å². The van der Waals surface area contributed by atoms with Gasteiger partial charge < -0.3 is 20.1 Å². The van der Waals surface area contributed by atoms with Gasteiger partial charge in [0.2, 0.25) is 5.91 Å². The number of hydrogen-bond acceptors (Lipinski definition) is 5. The number of ether oxygens (including phenoxy) is 1. The van der Waals surface area contributed by atoms with E-state index in [0.717, 1.165) is 31.6 Å². The molecule has 0 aromatic heterocycles. The van der Waals surface area contributed by atoms with E-state index in [0.29, 0.717) is 11.4 Å². The fourth-order valence-corrected chi connectivity index (χ4v) is 3.54. The molecule has 3 rings (SSSR count). The first-order chi connectivity index (χ1) is 16.8. The summed E-state index contributed by atoms with van der Waals surface area (Å²) in [5.41, 5.74) is 1.97. The second-order valence-corrected chi connectivity index (χ2v) is 8.44. The van der Waals surface area contributed by atoms with E-state index in [1.165, 1.54) is 6.07 Å². The minimum Gasteiger partial charge on any atom is -0.478 e. The molecule has 0 heterocycles. The highest BCUT2D eigenvalue weighted by atomic mass is 19.1. The molecule has 0 aliphatic carbocycles. The maximum atomic E-state index is 13.7. The van der Waals surface area contributed by atoms with Gasteiger partial charge in [-0.2, -0.15) is 0 Å². The van der Waals surface area contributed by atoms with E-state index >= 15 is 0 Å².